The molecule has 1 fully saturated rings. The zero-order chi connectivity index (χ0) is 20.1. The molecule has 1 saturated heterocycles. The van der Waals surface area contributed by atoms with E-state index in [1.807, 2.05) is 32.0 Å². The van der Waals surface area contributed by atoms with E-state index in [1.54, 1.807) is 23.2 Å². The lowest BCUT2D eigenvalue weighted by atomic mass is 9.91. The molecule has 1 aromatic carbocycles. The lowest BCUT2D eigenvalue weighted by Gasteiger charge is -2.34. The van der Waals surface area contributed by atoms with E-state index in [2.05, 4.69) is 10.3 Å². The summed E-state index contributed by atoms with van der Waals surface area (Å²) < 4.78 is 13.1. The number of rotatable bonds is 6. The van der Waals surface area contributed by atoms with E-state index in [1.165, 1.54) is 12.1 Å². The van der Waals surface area contributed by atoms with Crippen LogP contribution >= 0.6 is 0 Å². The van der Waals surface area contributed by atoms with Gasteiger partial charge in [0.1, 0.15) is 5.82 Å². The molecule has 0 saturated carbocycles. The first-order chi connectivity index (χ1) is 13.3. The van der Waals surface area contributed by atoms with E-state index < -0.39 is 5.54 Å². The third-order valence-corrected chi connectivity index (χ3v) is 4.97. The van der Waals surface area contributed by atoms with E-state index in [-0.39, 0.29) is 23.5 Å². The van der Waals surface area contributed by atoms with Gasteiger partial charge in [0, 0.05) is 24.7 Å². The molecule has 0 aliphatic carbocycles. The largest absolute Gasteiger partial charge is 0.351 e. The van der Waals surface area contributed by atoms with Crippen LogP contribution in [0.25, 0.3) is 0 Å². The number of hydrogen-bond donors (Lipinski definition) is 1. The van der Waals surface area contributed by atoms with Crippen molar-refractivity contribution in [2.45, 2.75) is 45.2 Å². The summed E-state index contributed by atoms with van der Waals surface area (Å²) in [7, 11) is 0. The number of carbonyl (C=O) groups is 2. The van der Waals surface area contributed by atoms with Gasteiger partial charge in [0.05, 0.1) is 18.2 Å². The van der Waals surface area contributed by atoms with Crippen LogP contribution in [-0.4, -0.2) is 33.8 Å². The zero-order valence-corrected chi connectivity index (χ0v) is 16.3. The van der Waals surface area contributed by atoms with Crippen molar-refractivity contribution in [2.24, 2.45) is 5.92 Å². The predicted molar refractivity (Wildman–Crippen MR) is 105 cm³/mol. The summed E-state index contributed by atoms with van der Waals surface area (Å²) >= 11 is 0. The smallest absolute Gasteiger partial charge is 0.225 e. The molecule has 0 spiro atoms. The molecule has 5 nitrogen and oxygen atoms in total. The molecule has 148 valence electrons. The van der Waals surface area contributed by atoms with Gasteiger partial charge in [-0.15, -0.1) is 0 Å². The average molecular weight is 383 g/mol. The molecule has 1 aliphatic heterocycles. The summed E-state index contributed by atoms with van der Waals surface area (Å²) in [6.07, 6.45) is 3.22. The first-order valence-corrected chi connectivity index (χ1v) is 9.56. The predicted octanol–water partition coefficient (Wildman–Crippen LogP) is 3.10. The Kier molecular flexibility index (Phi) is 6.07. The molecule has 2 amide bonds. The second-order valence-electron chi connectivity index (χ2n) is 8.01. The average Bonchev–Trinajstić information content (AvgIpc) is 2.65. The number of piperidine rings is 1. The summed E-state index contributed by atoms with van der Waals surface area (Å²) in [5.41, 5.74) is 1.30. The fraction of sp³-hybridized carbons (Fsp3) is 0.409. The number of amides is 2. The Morgan fingerprint density at radius 1 is 1.25 bits per heavy atom. The first kappa shape index (κ1) is 20.0. The minimum Gasteiger partial charge on any atom is -0.351 e. The van der Waals surface area contributed by atoms with Gasteiger partial charge in [0.15, 0.2) is 0 Å². The van der Waals surface area contributed by atoms with Crippen molar-refractivity contribution in [3.05, 3.63) is 65.7 Å². The van der Waals surface area contributed by atoms with E-state index in [0.29, 0.717) is 32.4 Å². The number of pyridine rings is 1. The molecular formula is C22H26FN3O2. The maximum Gasteiger partial charge on any atom is 0.225 e. The summed E-state index contributed by atoms with van der Waals surface area (Å²) in [5.74, 6) is -0.509. The Morgan fingerprint density at radius 3 is 2.68 bits per heavy atom. The Bertz CT molecular complexity index is 821. The normalized spacial score (nSPS) is 17.5. The zero-order valence-electron chi connectivity index (χ0n) is 16.3. The van der Waals surface area contributed by atoms with Crippen molar-refractivity contribution in [2.75, 3.05) is 6.54 Å². The molecule has 2 aromatic rings. The van der Waals surface area contributed by atoms with E-state index in [9.17, 15) is 14.0 Å². The highest BCUT2D eigenvalue weighted by atomic mass is 19.1. The molecular weight excluding hydrogens is 357 g/mol. The molecule has 1 N–H and O–H groups in total. The van der Waals surface area contributed by atoms with Gasteiger partial charge in [-0.1, -0.05) is 18.2 Å². The first-order valence-electron chi connectivity index (χ1n) is 9.56. The van der Waals surface area contributed by atoms with Gasteiger partial charge < -0.3 is 10.2 Å². The maximum absolute atomic E-state index is 13.1. The number of carbonyl (C=O) groups excluding carboxylic acids is 2. The topological polar surface area (TPSA) is 62.3 Å². The molecule has 0 bridgehead atoms. The molecule has 3 rings (SSSR count). The fourth-order valence-electron chi connectivity index (χ4n) is 3.56. The van der Waals surface area contributed by atoms with Crippen molar-refractivity contribution in [1.29, 1.82) is 0 Å². The number of hydrogen-bond acceptors (Lipinski definition) is 3. The molecule has 6 heteroatoms. The van der Waals surface area contributed by atoms with E-state index in [0.717, 1.165) is 11.3 Å². The lowest BCUT2D eigenvalue weighted by molar-refractivity contribution is -0.139. The third-order valence-electron chi connectivity index (χ3n) is 4.97. The number of likely N-dealkylation sites (tertiary alicyclic amines) is 1. The quantitative estimate of drug-likeness (QED) is 0.834. The summed E-state index contributed by atoms with van der Waals surface area (Å²) in [6, 6.07) is 11.9. The molecule has 0 unspecified atom stereocenters. The fourth-order valence-corrected chi connectivity index (χ4v) is 3.56. The van der Waals surface area contributed by atoms with Crippen LogP contribution in [0.5, 0.6) is 0 Å². The number of nitrogens with zero attached hydrogens (tertiary/aromatic N) is 2. The third kappa shape index (κ3) is 5.38. The van der Waals surface area contributed by atoms with Crippen molar-refractivity contribution < 1.29 is 14.0 Å². The van der Waals surface area contributed by atoms with Gasteiger partial charge in [0.25, 0.3) is 0 Å². The van der Waals surface area contributed by atoms with Crippen molar-refractivity contribution in [3.63, 3.8) is 0 Å². The van der Waals surface area contributed by atoms with Gasteiger partial charge in [0.2, 0.25) is 11.8 Å². The van der Waals surface area contributed by atoms with Crippen LogP contribution in [0, 0.1) is 11.7 Å². The van der Waals surface area contributed by atoms with Crippen molar-refractivity contribution in [3.8, 4) is 0 Å². The highest BCUT2D eigenvalue weighted by Gasteiger charge is 2.32. The minimum atomic E-state index is -0.470. The Hall–Kier alpha value is -2.76. The van der Waals surface area contributed by atoms with E-state index >= 15 is 0 Å². The van der Waals surface area contributed by atoms with Crippen LogP contribution in [-0.2, 0) is 22.6 Å². The van der Waals surface area contributed by atoms with Gasteiger partial charge in [-0.05, 0) is 56.5 Å². The van der Waals surface area contributed by atoms with Crippen LogP contribution in [0.1, 0.15) is 37.9 Å². The van der Waals surface area contributed by atoms with E-state index in [4.69, 9.17) is 0 Å². The van der Waals surface area contributed by atoms with Crippen LogP contribution in [0.3, 0.4) is 0 Å². The van der Waals surface area contributed by atoms with Gasteiger partial charge in [-0.3, -0.25) is 14.6 Å². The monoisotopic (exact) mass is 383 g/mol. The maximum atomic E-state index is 13.1. The molecule has 28 heavy (non-hydrogen) atoms. The van der Waals surface area contributed by atoms with Crippen LogP contribution < -0.4 is 5.32 Å². The second kappa shape index (κ2) is 8.50. The Balaban J connectivity index is 1.59. The molecule has 1 aliphatic rings. The number of aromatic nitrogens is 1. The molecule has 1 atom stereocenters. The highest BCUT2D eigenvalue weighted by molar-refractivity contribution is 5.84. The SMILES string of the molecule is CC(C)(Cc1ccc(F)cc1)NC(=O)[C@@H]1CCC(=O)N(Cc2ccccn2)C1. The minimum absolute atomic E-state index is 0.0503. The van der Waals surface area contributed by atoms with Crippen LogP contribution in [0.4, 0.5) is 4.39 Å². The number of benzene rings is 1. The molecule has 2 heterocycles. The Labute approximate surface area is 165 Å². The van der Waals surface area contributed by atoms with Crippen molar-refractivity contribution >= 4 is 11.8 Å². The van der Waals surface area contributed by atoms with Crippen LogP contribution in [0.2, 0.25) is 0 Å². The molecule has 0 radical (unpaired) electrons. The Morgan fingerprint density at radius 2 is 2.00 bits per heavy atom. The summed E-state index contributed by atoms with van der Waals surface area (Å²) in [6.45, 7) is 4.72. The summed E-state index contributed by atoms with van der Waals surface area (Å²) in [4.78, 5) is 31.1. The second-order valence-corrected chi connectivity index (χ2v) is 8.01. The van der Waals surface area contributed by atoms with Gasteiger partial charge in [-0.25, -0.2) is 4.39 Å². The van der Waals surface area contributed by atoms with Crippen molar-refractivity contribution in [1.82, 2.24) is 15.2 Å². The lowest BCUT2D eigenvalue weighted by Crippen LogP contribution is -2.51. The standard InChI is InChI=1S/C22H26FN3O2/c1-22(2,13-16-6-9-18(23)10-7-16)25-21(28)17-8-11-20(27)26(14-17)15-19-5-3-4-12-24-19/h3-7,9-10,12,17H,8,11,13-15H2,1-2H3,(H,25,28)/t17-/m1/s1. The molecule has 1 aromatic heterocycles. The number of halogens is 1. The summed E-state index contributed by atoms with van der Waals surface area (Å²) in [5, 5.41) is 3.10. The van der Waals surface area contributed by atoms with Crippen LogP contribution in [0.15, 0.2) is 48.7 Å². The van der Waals surface area contributed by atoms with Gasteiger partial charge in [-0.2, -0.15) is 0 Å². The number of nitrogens with one attached hydrogen (secondary N) is 1. The van der Waals surface area contributed by atoms with Gasteiger partial charge >= 0.3 is 0 Å². The highest BCUT2D eigenvalue weighted by Crippen LogP contribution is 2.21.